The largest absolute Gasteiger partial charge is 0.320 e. The van der Waals surface area contributed by atoms with Crippen molar-refractivity contribution in [1.82, 2.24) is 4.90 Å². The van der Waals surface area contributed by atoms with Gasteiger partial charge in [0.15, 0.2) is 0 Å². The molecule has 0 spiro atoms. The first-order valence-corrected chi connectivity index (χ1v) is 8.21. The van der Waals surface area contributed by atoms with E-state index in [0.717, 1.165) is 12.8 Å². The van der Waals surface area contributed by atoms with Crippen molar-refractivity contribution in [2.24, 2.45) is 0 Å². The fraction of sp³-hybridized carbons (Fsp3) is 0.824. The van der Waals surface area contributed by atoms with E-state index in [1.807, 2.05) is 11.9 Å². The molecule has 0 atom stereocenters. The fourth-order valence-electron chi connectivity index (χ4n) is 2.69. The van der Waals surface area contributed by atoms with Gasteiger partial charge in [0.25, 0.3) is 0 Å². The van der Waals surface area contributed by atoms with Gasteiger partial charge in [-0.2, -0.15) is 0 Å². The normalized spacial score (nSPS) is 17.7. The first-order chi connectivity index (χ1) is 9.25. The molecule has 0 aliphatic carbocycles. The van der Waals surface area contributed by atoms with Crippen LogP contribution in [0.2, 0.25) is 0 Å². The molecule has 1 rings (SSSR count). The van der Waals surface area contributed by atoms with Crippen LogP contribution in [0, 0.1) is 0 Å². The summed E-state index contributed by atoms with van der Waals surface area (Å²) in [6, 6.07) is 0. The SMILES string of the molecule is CCCCCCCCCCC/C=C1/CCC(=O)N1C. The van der Waals surface area contributed by atoms with Crippen LogP contribution in [-0.2, 0) is 4.79 Å². The Morgan fingerprint density at radius 2 is 1.53 bits per heavy atom. The highest BCUT2D eigenvalue weighted by molar-refractivity contribution is 5.80. The molecule has 110 valence electrons. The van der Waals surface area contributed by atoms with Gasteiger partial charge in [-0.05, 0) is 19.3 Å². The molecule has 0 unspecified atom stereocenters. The van der Waals surface area contributed by atoms with Gasteiger partial charge >= 0.3 is 0 Å². The van der Waals surface area contributed by atoms with Gasteiger partial charge in [0.2, 0.25) is 5.91 Å². The predicted octanol–water partition coefficient (Wildman–Crippen LogP) is 5.04. The lowest BCUT2D eigenvalue weighted by Crippen LogP contribution is -2.16. The quantitative estimate of drug-likeness (QED) is 0.506. The maximum absolute atomic E-state index is 11.4. The van der Waals surface area contributed by atoms with Crippen LogP contribution in [0.3, 0.4) is 0 Å². The van der Waals surface area contributed by atoms with E-state index in [1.54, 1.807) is 0 Å². The highest BCUT2D eigenvalue weighted by atomic mass is 16.2. The molecule has 1 heterocycles. The van der Waals surface area contributed by atoms with Crippen LogP contribution in [0.4, 0.5) is 0 Å². The lowest BCUT2D eigenvalue weighted by molar-refractivity contribution is -0.125. The van der Waals surface area contributed by atoms with E-state index in [4.69, 9.17) is 0 Å². The highest BCUT2D eigenvalue weighted by Gasteiger charge is 2.20. The number of likely N-dealkylation sites (tertiary alicyclic amines) is 1. The number of unbranched alkanes of at least 4 members (excludes halogenated alkanes) is 9. The van der Waals surface area contributed by atoms with Crippen molar-refractivity contribution < 1.29 is 4.79 Å². The molecule has 0 aromatic carbocycles. The molecule has 2 nitrogen and oxygen atoms in total. The van der Waals surface area contributed by atoms with E-state index >= 15 is 0 Å². The van der Waals surface area contributed by atoms with Crippen LogP contribution in [0.1, 0.15) is 84.0 Å². The summed E-state index contributed by atoms with van der Waals surface area (Å²) in [6.07, 6.45) is 17.5. The number of hydrogen-bond donors (Lipinski definition) is 0. The molecule has 1 aliphatic heterocycles. The summed E-state index contributed by atoms with van der Waals surface area (Å²) in [7, 11) is 1.90. The van der Waals surface area contributed by atoms with Crippen LogP contribution in [0.15, 0.2) is 11.8 Å². The number of carbonyl (C=O) groups excluding carboxylic acids is 1. The molecule has 0 aromatic rings. The fourth-order valence-corrected chi connectivity index (χ4v) is 2.69. The molecule has 1 amide bonds. The number of rotatable bonds is 10. The minimum absolute atomic E-state index is 0.276. The summed E-state index contributed by atoms with van der Waals surface area (Å²) >= 11 is 0. The van der Waals surface area contributed by atoms with Gasteiger partial charge in [0.1, 0.15) is 0 Å². The molecule has 19 heavy (non-hydrogen) atoms. The summed E-state index contributed by atoms with van der Waals surface area (Å²) in [6.45, 7) is 2.27. The van der Waals surface area contributed by atoms with Crippen molar-refractivity contribution in [2.45, 2.75) is 84.0 Å². The van der Waals surface area contributed by atoms with Crippen molar-refractivity contribution in [1.29, 1.82) is 0 Å². The third kappa shape index (κ3) is 6.79. The summed E-state index contributed by atoms with van der Waals surface area (Å²) in [5.74, 6) is 0.276. The third-order valence-corrected chi connectivity index (χ3v) is 4.09. The highest BCUT2D eigenvalue weighted by Crippen LogP contribution is 2.21. The van der Waals surface area contributed by atoms with E-state index < -0.39 is 0 Å². The number of amides is 1. The second-order valence-corrected chi connectivity index (χ2v) is 5.77. The molecule has 0 bridgehead atoms. The first kappa shape index (κ1) is 16.3. The van der Waals surface area contributed by atoms with Crippen molar-refractivity contribution in [3.63, 3.8) is 0 Å². The molecule has 0 radical (unpaired) electrons. The Balaban J connectivity index is 1.91. The number of carbonyl (C=O) groups is 1. The molecule has 2 heteroatoms. The molecular formula is C17H31NO. The summed E-state index contributed by atoms with van der Waals surface area (Å²) in [5, 5.41) is 0. The second kappa shape index (κ2) is 10.1. The Hall–Kier alpha value is -0.790. The molecule has 0 N–H and O–H groups in total. The van der Waals surface area contributed by atoms with Crippen molar-refractivity contribution >= 4 is 5.91 Å². The monoisotopic (exact) mass is 265 g/mol. The Morgan fingerprint density at radius 1 is 0.947 bits per heavy atom. The van der Waals surface area contributed by atoms with Gasteiger partial charge < -0.3 is 4.90 Å². The maximum atomic E-state index is 11.4. The van der Waals surface area contributed by atoms with Crippen LogP contribution in [0.5, 0.6) is 0 Å². The van der Waals surface area contributed by atoms with Crippen LogP contribution in [-0.4, -0.2) is 17.9 Å². The van der Waals surface area contributed by atoms with E-state index in [-0.39, 0.29) is 5.91 Å². The molecule has 1 fully saturated rings. The number of allylic oxidation sites excluding steroid dienone is 2. The van der Waals surface area contributed by atoms with Gasteiger partial charge in [-0.25, -0.2) is 0 Å². The Bertz CT molecular complexity index is 283. The minimum Gasteiger partial charge on any atom is -0.320 e. The van der Waals surface area contributed by atoms with E-state index in [1.165, 1.54) is 63.5 Å². The second-order valence-electron chi connectivity index (χ2n) is 5.77. The van der Waals surface area contributed by atoms with Crippen LogP contribution in [0.25, 0.3) is 0 Å². The van der Waals surface area contributed by atoms with Gasteiger partial charge in [-0.3, -0.25) is 4.79 Å². The lowest BCUT2D eigenvalue weighted by Gasteiger charge is -2.10. The summed E-state index contributed by atoms with van der Waals surface area (Å²) in [5.41, 5.74) is 1.24. The van der Waals surface area contributed by atoms with Gasteiger partial charge in [-0.1, -0.05) is 64.4 Å². The van der Waals surface area contributed by atoms with Crippen molar-refractivity contribution in [3.05, 3.63) is 11.8 Å². The van der Waals surface area contributed by atoms with Crippen LogP contribution >= 0.6 is 0 Å². The minimum atomic E-state index is 0.276. The zero-order valence-electron chi connectivity index (χ0n) is 12.9. The Labute approximate surface area is 119 Å². The number of nitrogens with zero attached hydrogens (tertiary/aromatic N) is 1. The average Bonchev–Trinajstić information content (AvgIpc) is 2.73. The topological polar surface area (TPSA) is 20.3 Å². The van der Waals surface area contributed by atoms with Crippen molar-refractivity contribution in [2.75, 3.05) is 7.05 Å². The standard InChI is InChI=1S/C17H31NO/c1-3-4-5-6-7-8-9-10-11-12-13-16-14-15-17(19)18(16)2/h13H,3-12,14-15H2,1-2H3/b16-13-. The zero-order chi connectivity index (χ0) is 13.9. The lowest BCUT2D eigenvalue weighted by atomic mass is 10.1. The Kier molecular flexibility index (Phi) is 8.61. The molecule has 0 saturated carbocycles. The third-order valence-electron chi connectivity index (χ3n) is 4.09. The molecular weight excluding hydrogens is 234 g/mol. The van der Waals surface area contributed by atoms with Crippen LogP contribution < -0.4 is 0 Å². The predicted molar refractivity (Wildman–Crippen MR) is 81.9 cm³/mol. The first-order valence-electron chi connectivity index (χ1n) is 8.21. The van der Waals surface area contributed by atoms with Gasteiger partial charge in [0.05, 0.1) is 0 Å². The maximum Gasteiger partial charge on any atom is 0.226 e. The van der Waals surface area contributed by atoms with Gasteiger partial charge in [-0.15, -0.1) is 0 Å². The molecule has 1 saturated heterocycles. The molecule has 0 aromatic heterocycles. The smallest absolute Gasteiger partial charge is 0.226 e. The molecule has 1 aliphatic rings. The van der Waals surface area contributed by atoms with E-state index in [9.17, 15) is 4.79 Å². The van der Waals surface area contributed by atoms with Gasteiger partial charge in [0, 0.05) is 19.2 Å². The van der Waals surface area contributed by atoms with E-state index in [2.05, 4.69) is 13.0 Å². The summed E-state index contributed by atoms with van der Waals surface area (Å²) in [4.78, 5) is 13.2. The average molecular weight is 265 g/mol. The zero-order valence-corrected chi connectivity index (χ0v) is 12.9. The number of hydrogen-bond acceptors (Lipinski definition) is 1. The van der Waals surface area contributed by atoms with Crippen molar-refractivity contribution in [3.8, 4) is 0 Å². The van der Waals surface area contributed by atoms with E-state index in [0.29, 0.717) is 6.42 Å². The Morgan fingerprint density at radius 3 is 2.05 bits per heavy atom. The summed E-state index contributed by atoms with van der Waals surface area (Å²) < 4.78 is 0.